The molecular weight excluding hydrogens is 670 g/mol. The number of ketones is 1. The molecule has 2 aliphatic rings. The second-order valence-corrected chi connectivity index (χ2v) is 13.5. The Labute approximate surface area is 280 Å². The smallest absolute Gasteiger partial charge is 0.346 e. The van der Waals surface area contributed by atoms with E-state index in [1.807, 2.05) is 23.1 Å². The fourth-order valence-corrected chi connectivity index (χ4v) is 8.19. The Morgan fingerprint density at radius 3 is 2.14 bits per heavy atom. The molecule has 0 aliphatic carbocycles. The number of benzene rings is 1. The SMILES string of the molecule is COc1ccccc1N1CCN(C(=O)C[n+]2c(-c3sc(C)c(C)[n+]3CC(=O)C3CCCCCN3)sc(C)c2C)CC1.[Br-].[Cl-]. The molecule has 0 bridgehead atoms. The van der Waals surface area contributed by atoms with E-state index in [4.69, 9.17) is 4.74 Å². The number of rotatable bonds is 8. The molecule has 3 aromatic rings. The molecule has 236 valence electrons. The number of halogens is 2. The van der Waals surface area contributed by atoms with Crippen LogP contribution in [0.1, 0.15) is 46.8 Å². The number of anilines is 1. The predicted molar refractivity (Wildman–Crippen MR) is 164 cm³/mol. The summed E-state index contributed by atoms with van der Waals surface area (Å²) in [5.41, 5.74) is 3.31. The Bertz CT molecular complexity index is 1410. The first-order valence-corrected chi connectivity index (χ1v) is 16.3. The largest absolute Gasteiger partial charge is 1.00 e. The molecule has 12 heteroatoms. The summed E-state index contributed by atoms with van der Waals surface area (Å²) in [4.78, 5) is 33.7. The molecule has 2 aliphatic heterocycles. The number of aryl methyl sites for hydroxylation is 2. The fraction of sp³-hybridized carbons (Fsp3) is 0.548. The Kier molecular flexibility index (Phi) is 13.0. The van der Waals surface area contributed by atoms with Crippen molar-refractivity contribution in [3.05, 3.63) is 45.4 Å². The number of amides is 1. The molecule has 1 atom stereocenters. The van der Waals surface area contributed by atoms with Gasteiger partial charge in [0.1, 0.15) is 5.75 Å². The minimum Gasteiger partial charge on any atom is -1.00 e. The van der Waals surface area contributed by atoms with Crippen LogP contribution in [0.4, 0.5) is 5.69 Å². The lowest BCUT2D eigenvalue weighted by Gasteiger charge is -2.36. The highest BCUT2D eigenvalue weighted by Crippen LogP contribution is 2.31. The van der Waals surface area contributed by atoms with E-state index in [0.717, 1.165) is 71.7 Å². The van der Waals surface area contributed by atoms with Crippen molar-refractivity contribution in [2.45, 2.75) is 72.5 Å². The second-order valence-electron chi connectivity index (χ2n) is 11.1. The topological polar surface area (TPSA) is 69.6 Å². The van der Waals surface area contributed by atoms with Crippen LogP contribution in [0, 0.1) is 27.7 Å². The van der Waals surface area contributed by atoms with Gasteiger partial charge >= 0.3 is 10.0 Å². The highest BCUT2D eigenvalue weighted by Gasteiger charge is 2.38. The fourth-order valence-electron chi connectivity index (χ4n) is 5.82. The van der Waals surface area contributed by atoms with Crippen LogP contribution in [0.25, 0.3) is 10.0 Å². The Morgan fingerprint density at radius 1 is 0.907 bits per heavy atom. The number of ether oxygens (including phenoxy) is 1. The zero-order valence-corrected chi connectivity index (χ0v) is 29.7. The lowest BCUT2D eigenvalue weighted by atomic mass is 10.1. The average molecular weight is 713 g/mol. The van der Waals surface area contributed by atoms with Gasteiger partial charge in [0.15, 0.2) is 11.4 Å². The van der Waals surface area contributed by atoms with Gasteiger partial charge in [-0.2, -0.15) is 9.13 Å². The van der Waals surface area contributed by atoms with Crippen LogP contribution in [0.5, 0.6) is 5.75 Å². The number of piperazine rings is 1. The number of hydrogen-bond donors (Lipinski definition) is 1. The van der Waals surface area contributed by atoms with Gasteiger partial charge in [0.25, 0.3) is 5.91 Å². The molecule has 0 saturated carbocycles. The summed E-state index contributed by atoms with van der Waals surface area (Å²) in [5.74, 6) is 1.24. The van der Waals surface area contributed by atoms with E-state index in [2.05, 4.69) is 53.1 Å². The number of thiazole rings is 2. The van der Waals surface area contributed by atoms with Crippen molar-refractivity contribution >= 4 is 40.1 Å². The molecule has 8 nitrogen and oxygen atoms in total. The quantitative estimate of drug-likeness (QED) is 0.268. The number of nitrogens with one attached hydrogen (secondary N) is 1. The van der Waals surface area contributed by atoms with Gasteiger partial charge in [-0.25, -0.2) is 0 Å². The van der Waals surface area contributed by atoms with Crippen LogP contribution in [-0.4, -0.2) is 62.5 Å². The average Bonchev–Trinajstić information content (AvgIpc) is 3.27. The van der Waals surface area contributed by atoms with Gasteiger partial charge in [0.2, 0.25) is 18.9 Å². The molecule has 1 aromatic carbocycles. The van der Waals surface area contributed by atoms with Gasteiger partial charge in [-0.1, -0.05) is 47.6 Å². The molecular formula is C31H43BrClN5O3S2. The normalized spacial score (nSPS) is 17.1. The number of para-hydroxylation sites is 2. The van der Waals surface area contributed by atoms with Crippen molar-refractivity contribution in [3.8, 4) is 15.8 Å². The molecule has 1 unspecified atom stereocenters. The van der Waals surface area contributed by atoms with E-state index >= 15 is 0 Å². The van der Waals surface area contributed by atoms with E-state index in [0.29, 0.717) is 26.2 Å². The molecule has 4 heterocycles. The number of Topliss-reactive ketones (excluding diaryl/α,β-unsaturated/α-hetero) is 1. The van der Waals surface area contributed by atoms with Gasteiger partial charge in [-0.3, -0.25) is 9.59 Å². The number of nitrogens with zero attached hydrogens (tertiary/aromatic N) is 4. The zero-order chi connectivity index (χ0) is 29.1. The molecule has 1 amide bonds. The maximum absolute atomic E-state index is 13.7. The maximum atomic E-state index is 13.7. The Balaban J connectivity index is 0.00000253. The van der Waals surface area contributed by atoms with Gasteiger partial charge in [-0.15, -0.1) is 0 Å². The van der Waals surface area contributed by atoms with Gasteiger partial charge in [0, 0.05) is 40.0 Å². The van der Waals surface area contributed by atoms with Crippen LogP contribution in [0.15, 0.2) is 24.3 Å². The minimum atomic E-state index is -0.0764. The van der Waals surface area contributed by atoms with Gasteiger partial charge < -0.3 is 49.2 Å². The van der Waals surface area contributed by atoms with Crippen molar-refractivity contribution in [3.63, 3.8) is 0 Å². The molecule has 1 N–H and O–H groups in total. The first-order valence-electron chi connectivity index (χ1n) is 14.7. The number of methoxy groups -OCH3 is 1. The van der Waals surface area contributed by atoms with E-state index in [9.17, 15) is 9.59 Å². The van der Waals surface area contributed by atoms with E-state index in [1.54, 1.807) is 29.8 Å². The van der Waals surface area contributed by atoms with Crippen molar-refractivity contribution < 1.29 is 52.8 Å². The van der Waals surface area contributed by atoms with Crippen LogP contribution >= 0.6 is 22.7 Å². The number of hydrogen-bond acceptors (Lipinski definition) is 7. The third-order valence-corrected chi connectivity index (χ3v) is 11.2. The highest BCUT2D eigenvalue weighted by molar-refractivity contribution is 7.20. The summed E-state index contributed by atoms with van der Waals surface area (Å²) in [5, 5.41) is 5.60. The number of carbonyl (C=O) groups excluding carboxylic acids is 2. The van der Waals surface area contributed by atoms with Crippen LogP contribution in [0.2, 0.25) is 0 Å². The van der Waals surface area contributed by atoms with Crippen molar-refractivity contribution in [1.82, 2.24) is 10.2 Å². The predicted octanol–water partition coefficient (Wildman–Crippen LogP) is -2.25. The summed E-state index contributed by atoms with van der Waals surface area (Å²) in [6.45, 7) is 12.9. The third-order valence-electron chi connectivity index (χ3n) is 8.62. The molecule has 2 aromatic heterocycles. The summed E-state index contributed by atoms with van der Waals surface area (Å²) in [7, 11) is 1.70. The third kappa shape index (κ3) is 7.79. The van der Waals surface area contributed by atoms with Crippen LogP contribution in [-0.2, 0) is 22.7 Å². The summed E-state index contributed by atoms with van der Waals surface area (Å²) >= 11 is 3.44. The van der Waals surface area contributed by atoms with Gasteiger partial charge in [-0.05, 0) is 45.4 Å². The molecule has 43 heavy (non-hydrogen) atoms. The monoisotopic (exact) mass is 711 g/mol. The zero-order valence-electron chi connectivity index (χ0n) is 25.8. The van der Waals surface area contributed by atoms with Crippen LogP contribution < -0.4 is 53.5 Å². The van der Waals surface area contributed by atoms with Crippen LogP contribution in [0.3, 0.4) is 0 Å². The Hall–Kier alpha value is -2.05. The lowest BCUT2D eigenvalue weighted by molar-refractivity contribution is -0.703. The first kappa shape index (κ1) is 35.4. The van der Waals surface area contributed by atoms with Gasteiger partial charge in [0.05, 0.1) is 28.6 Å². The lowest BCUT2D eigenvalue weighted by Crippen LogP contribution is -3.00. The Morgan fingerprint density at radius 2 is 1.51 bits per heavy atom. The summed E-state index contributed by atoms with van der Waals surface area (Å²) < 4.78 is 9.91. The van der Waals surface area contributed by atoms with Crippen molar-refractivity contribution in [1.29, 1.82) is 0 Å². The molecule has 5 rings (SSSR count). The minimum absolute atomic E-state index is 0. The standard InChI is InChI=1S/C31H43N5O3S2.BrH.ClH/c1-21-23(3)40-30(35(21)19-27(37)25-11-7-6-10-14-32-25)31-36(22(2)24(4)41-31)20-29(38)34-17-15-33(16-18-34)26-12-8-9-13-28(26)39-5;;/h8-9,12-13,25,32H,6-7,10-11,14-20H2,1-5H3;2*1H/q+2;;/p-2. The molecule has 0 radical (unpaired) electrons. The van der Waals surface area contributed by atoms with E-state index in [-0.39, 0.29) is 47.1 Å². The summed E-state index contributed by atoms with van der Waals surface area (Å²) in [6.07, 6.45) is 4.33. The van der Waals surface area contributed by atoms with Crippen molar-refractivity contribution in [2.24, 2.45) is 0 Å². The molecule has 0 spiro atoms. The highest BCUT2D eigenvalue weighted by atomic mass is 79.9. The summed E-state index contributed by atoms with van der Waals surface area (Å²) in [6, 6.07) is 7.98. The van der Waals surface area contributed by atoms with E-state index in [1.165, 1.54) is 16.2 Å². The number of aromatic nitrogens is 2. The molecule has 2 saturated heterocycles. The second kappa shape index (κ2) is 15.8. The van der Waals surface area contributed by atoms with E-state index < -0.39 is 0 Å². The maximum Gasteiger partial charge on any atom is 0.346 e. The van der Waals surface area contributed by atoms with Crippen molar-refractivity contribution in [2.75, 3.05) is 44.7 Å². The molecule has 2 fully saturated rings. The first-order chi connectivity index (χ1) is 19.8. The number of carbonyl (C=O) groups is 2.